The van der Waals surface area contributed by atoms with Crippen LogP contribution in [0.2, 0.25) is 0 Å². The summed E-state index contributed by atoms with van der Waals surface area (Å²) in [6.07, 6.45) is 5.57. The predicted octanol–water partition coefficient (Wildman–Crippen LogP) is 4.86. The highest BCUT2D eigenvalue weighted by Crippen LogP contribution is 2.35. The van der Waals surface area contributed by atoms with Crippen molar-refractivity contribution < 1.29 is 9.59 Å². The van der Waals surface area contributed by atoms with Gasteiger partial charge in [-0.15, -0.1) is 0 Å². The molecule has 0 radical (unpaired) electrons. The van der Waals surface area contributed by atoms with Gasteiger partial charge >= 0.3 is 0 Å². The second-order valence-electron chi connectivity index (χ2n) is 9.24. The van der Waals surface area contributed by atoms with E-state index in [1.54, 1.807) is 12.3 Å². The van der Waals surface area contributed by atoms with E-state index in [0.29, 0.717) is 30.3 Å². The number of amides is 2. The normalized spacial score (nSPS) is 17.5. The number of carbonyl (C=O) groups excluding carboxylic acids is 2. The second-order valence-corrected chi connectivity index (χ2v) is 9.24. The molecule has 2 heterocycles. The Morgan fingerprint density at radius 3 is 2.36 bits per heavy atom. The Labute approximate surface area is 213 Å². The second kappa shape index (κ2) is 11.2. The van der Waals surface area contributed by atoms with Gasteiger partial charge in [0.2, 0.25) is 5.91 Å². The largest absolute Gasteiger partial charge is 0.367 e. The highest BCUT2D eigenvalue weighted by molar-refractivity contribution is 5.95. The number of nitrogens with zero attached hydrogens (tertiary/aromatic N) is 4. The zero-order valence-electron chi connectivity index (χ0n) is 21.3. The van der Waals surface area contributed by atoms with Gasteiger partial charge in [-0.2, -0.15) is 0 Å². The molecule has 1 aliphatic rings. The number of nitrogens with two attached hydrogens (primary N) is 1. The number of piperidine rings is 1. The van der Waals surface area contributed by atoms with E-state index in [9.17, 15) is 9.59 Å². The zero-order valence-corrected chi connectivity index (χ0v) is 21.3. The first-order valence-corrected chi connectivity index (χ1v) is 12.7. The lowest BCUT2D eigenvalue weighted by Crippen LogP contribution is -2.48. The van der Waals surface area contributed by atoms with E-state index in [1.165, 1.54) is 0 Å². The lowest BCUT2D eigenvalue weighted by atomic mass is 9.94. The molecule has 0 saturated carbocycles. The molecule has 188 valence electrons. The van der Waals surface area contributed by atoms with Crippen molar-refractivity contribution >= 4 is 28.9 Å². The van der Waals surface area contributed by atoms with Gasteiger partial charge in [-0.3, -0.25) is 14.6 Å². The van der Waals surface area contributed by atoms with Gasteiger partial charge in [0.1, 0.15) is 0 Å². The molecule has 0 aliphatic carbocycles. The molecule has 2 unspecified atom stereocenters. The van der Waals surface area contributed by atoms with Crippen LogP contribution in [0.3, 0.4) is 0 Å². The number of hydrogen-bond acceptors (Lipinski definition) is 5. The Morgan fingerprint density at radius 1 is 1.00 bits per heavy atom. The summed E-state index contributed by atoms with van der Waals surface area (Å²) in [5.41, 5.74) is 9.79. The Morgan fingerprint density at radius 2 is 1.75 bits per heavy atom. The lowest BCUT2D eigenvalue weighted by molar-refractivity contribution is 0.0772. The summed E-state index contributed by atoms with van der Waals surface area (Å²) in [7, 11) is 0. The van der Waals surface area contributed by atoms with Gasteiger partial charge in [-0.05, 0) is 88.2 Å². The van der Waals surface area contributed by atoms with Crippen molar-refractivity contribution in [1.82, 2.24) is 9.88 Å². The molecular weight excluding hydrogens is 450 g/mol. The molecule has 2 aromatic carbocycles. The van der Waals surface area contributed by atoms with E-state index in [0.717, 1.165) is 36.4 Å². The minimum atomic E-state index is -0.447. The van der Waals surface area contributed by atoms with Crippen LogP contribution in [0.5, 0.6) is 0 Å². The van der Waals surface area contributed by atoms with Crippen LogP contribution < -0.4 is 15.5 Å². The molecule has 3 aromatic rings. The Balaban J connectivity index is 1.66. The third-order valence-electron chi connectivity index (χ3n) is 7.04. The number of carbonyl (C=O) groups is 2. The number of anilines is 3. The number of aromatic nitrogens is 1. The van der Waals surface area contributed by atoms with E-state index in [-0.39, 0.29) is 11.9 Å². The van der Waals surface area contributed by atoms with Gasteiger partial charge in [-0.25, -0.2) is 0 Å². The van der Waals surface area contributed by atoms with Crippen molar-refractivity contribution in [3.05, 3.63) is 84.2 Å². The zero-order chi connectivity index (χ0) is 25.7. The van der Waals surface area contributed by atoms with Gasteiger partial charge in [-0.1, -0.05) is 6.07 Å². The van der Waals surface area contributed by atoms with E-state index in [4.69, 9.17) is 5.73 Å². The lowest BCUT2D eigenvalue weighted by Gasteiger charge is -2.44. The fourth-order valence-corrected chi connectivity index (χ4v) is 5.13. The van der Waals surface area contributed by atoms with Crippen LogP contribution in [0.4, 0.5) is 17.1 Å². The molecular formula is C29H35N5O2. The molecule has 2 atom stereocenters. The van der Waals surface area contributed by atoms with Crippen molar-refractivity contribution in [2.24, 2.45) is 5.73 Å². The molecule has 0 spiro atoms. The van der Waals surface area contributed by atoms with Crippen LogP contribution in [0.15, 0.2) is 73.1 Å². The molecule has 2 N–H and O–H groups in total. The molecule has 7 heteroatoms. The van der Waals surface area contributed by atoms with Crippen LogP contribution in [0, 0.1) is 0 Å². The fraction of sp³-hybridized carbons (Fsp3) is 0.345. The van der Waals surface area contributed by atoms with Crippen molar-refractivity contribution in [2.75, 3.05) is 29.4 Å². The SMILES string of the molecule is CCN(CC)C(=O)c1ccc(N(c2cccc(C(N)=O)c2)C2CCN(c3cccnc3)C(C)C2)cc1. The van der Waals surface area contributed by atoms with Crippen LogP contribution in [0.1, 0.15) is 54.3 Å². The van der Waals surface area contributed by atoms with Gasteiger partial charge in [0.05, 0.1) is 11.9 Å². The van der Waals surface area contributed by atoms with Crippen LogP contribution >= 0.6 is 0 Å². The average molecular weight is 486 g/mol. The molecule has 2 amide bonds. The molecule has 4 rings (SSSR count). The summed E-state index contributed by atoms with van der Waals surface area (Å²) >= 11 is 0. The van der Waals surface area contributed by atoms with Gasteiger partial charge < -0.3 is 20.4 Å². The Bertz CT molecular complexity index is 1180. The maximum atomic E-state index is 12.8. The maximum absolute atomic E-state index is 12.8. The van der Waals surface area contributed by atoms with Crippen molar-refractivity contribution in [2.45, 2.75) is 45.7 Å². The van der Waals surface area contributed by atoms with Crippen LogP contribution in [-0.4, -0.2) is 53.4 Å². The number of pyridine rings is 1. The highest BCUT2D eigenvalue weighted by Gasteiger charge is 2.31. The Hall–Kier alpha value is -3.87. The number of benzene rings is 2. The predicted molar refractivity (Wildman–Crippen MR) is 145 cm³/mol. The van der Waals surface area contributed by atoms with Crippen molar-refractivity contribution in [1.29, 1.82) is 0 Å². The van der Waals surface area contributed by atoms with Gasteiger partial charge in [0.15, 0.2) is 0 Å². The third kappa shape index (κ3) is 5.35. The quantitative estimate of drug-likeness (QED) is 0.493. The van der Waals surface area contributed by atoms with E-state index in [2.05, 4.69) is 27.8 Å². The molecule has 1 aliphatic heterocycles. The number of primary amides is 1. The summed E-state index contributed by atoms with van der Waals surface area (Å²) in [6.45, 7) is 8.46. The standard InChI is InChI=1S/C29H35N5O2/c1-4-32(5-2)29(36)22-11-13-24(14-12-22)34(25-9-6-8-23(19-25)28(30)35)26-15-17-33(21(3)18-26)27-10-7-16-31-20-27/h6-14,16,19-21,26H,4-5,15,17-18H2,1-3H3,(H2,30,35). The first-order chi connectivity index (χ1) is 17.4. The van der Waals surface area contributed by atoms with E-state index in [1.807, 2.05) is 73.5 Å². The minimum Gasteiger partial charge on any atom is -0.367 e. The molecule has 0 bridgehead atoms. The fourth-order valence-electron chi connectivity index (χ4n) is 5.13. The average Bonchev–Trinajstić information content (AvgIpc) is 2.90. The van der Waals surface area contributed by atoms with Gasteiger partial charge in [0.25, 0.3) is 5.91 Å². The summed E-state index contributed by atoms with van der Waals surface area (Å²) in [5.74, 6) is -0.413. The van der Waals surface area contributed by atoms with Gasteiger partial charge in [0, 0.05) is 60.4 Å². The summed E-state index contributed by atoms with van der Waals surface area (Å²) < 4.78 is 0. The smallest absolute Gasteiger partial charge is 0.253 e. The van der Waals surface area contributed by atoms with E-state index >= 15 is 0 Å². The molecule has 36 heavy (non-hydrogen) atoms. The summed E-state index contributed by atoms with van der Waals surface area (Å²) in [5, 5.41) is 0. The third-order valence-corrected chi connectivity index (χ3v) is 7.04. The van der Waals surface area contributed by atoms with Crippen LogP contribution in [-0.2, 0) is 0 Å². The highest BCUT2D eigenvalue weighted by atomic mass is 16.2. The molecule has 1 aromatic heterocycles. The maximum Gasteiger partial charge on any atom is 0.253 e. The van der Waals surface area contributed by atoms with E-state index < -0.39 is 5.91 Å². The molecule has 1 saturated heterocycles. The number of rotatable bonds is 8. The number of hydrogen-bond donors (Lipinski definition) is 1. The molecule has 7 nitrogen and oxygen atoms in total. The topological polar surface area (TPSA) is 82.8 Å². The van der Waals surface area contributed by atoms with Crippen molar-refractivity contribution in [3.8, 4) is 0 Å². The minimum absolute atomic E-state index is 0.0345. The monoisotopic (exact) mass is 485 g/mol. The summed E-state index contributed by atoms with van der Waals surface area (Å²) in [6, 6.07) is 19.9. The van der Waals surface area contributed by atoms with Crippen LogP contribution in [0.25, 0.3) is 0 Å². The summed E-state index contributed by atoms with van der Waals surface area (Å²) in [4.78, 5) is 35.6. The van der Waals surface area contributed by atoms with Crippen molar-refractivity contribution in [3.63, 3.8) is 0 Å². The first-order valence-electron chi connectivity index (χ1n) is 12.7. The molecule has 1 fully saturated rings. The Kier molecular flexibility index (Phi) is 7.88. The first kappa shape index (κ1) is 25.2.